The fourth-order valence-corrected chi connectivity index (χ4v) is 6.63. The van der Waals surface area contributed by atoms with Gasteiger partial charge in [0, 0.05) is 5.92 Å². The van der Waals surface area contributed by atoms with Gasteiger partial charge in [0.25, 0.3) is 0 Å². The van der Waals surface area contributed by atoms with Gasteiger partial charge in [-0.2, -0.15) is 0 Å². The molecule has 2 N–H and O–H groups in total. The highest BCUT2D eigenvalue weighted by molar-refractivity contribution is 5.94. The lowest BCUT2D eigenvalue weighted by molar-refractivity contribution is -0.144. The molecule has 0 amide bonds. The highest BCUT2D eigenvalue weighted by Crippen LogP contribution is 2.66. The van der Waals surface area contributed by atoms with Gasteiger partial charge in [-0.25, -0.2) is 0 Å². The predicted octanol–water partition coefficient (Wildman–Crippen LogP) is 3.24. The first-order valence-corrected chi connectivity index (χ1v) is 9.34. The zero-order valence-corrected chi connectivity index (χ0v) is 14.6. The summed E-state index contributed by atoms with van der Waals surface area (Å²) in [6.07, 6.45) is 7.95. The first-order valence-electron chi connectivity index (χ1n) is 9.34. The third-order valence-electron chi connectivity index (χ3n) is 8.48. The van der Waals surface area contributed by atoms with Crippen molar-refractivity contribution in [3.8, 4) is 0 Å². The molecule has 128 valence electrons. The summed E-state index contributed by atoms with van der Waals surface area (Å²) < 4.78 is 0. The molecule has 0 saturated heterocycles. The summed E-state index contributed by atoms with van der Waals surface area (Å²) in [6, 6.07) is 0. The van der Waals surface area contributed by atoms with Crippen molar-refractivity contribution in [2.75, 3.05) is 0 Å². The molecule has 3 heteroatoms. The molecule has 0 heterocycles. The van der Waals surface area contributed by atoms with Crippen LogP contribution in [0.25, 0.3) is 0 Å². The molecule has 23 heavy (non-hydrogen) atoms. The van der Waals surface area contributed by atoms with E-state index in [1.165, 1.54) is 5.57 Å². The summed E-state index contributed by atoms with van der Waals surface area (Å²) in [5.41, 5.74) is 0.500. The Labute approximate surface area is 139 Å². The molecule has 2 unspecified atom stereocenters. The molecule has 0 aromatic carbocycles. The first-order chi connectivity index (χ1) is 10.7. The maximum absolute atomic E-state index is 13.0. The van der Waals surface area contributed by atoms with Crippen molar-refractivity contribution in [3.05, 3.63) is 11.6 Å². The van der Waals surface area contributed by atoms with Crippen LogP contribution in [0.5, 0.6) is 0 Å². The van der Waals surface area contributed by atoms with Gasteiger partial charge in [-0.1, -0.05) is 19.4 Å². The fraction of sp³-hybridized carbons (Fsp3) is 0.850. The van der Waals surface area contributed by atoms with E-state index in [1.54, 1.807) is 0 Å². The molecule has 0 aliphatic heterocycles. The summed E-state index contributed by atoms with van der Waals surface area (Å²) in [5.74, 6) is 1.05. The smallest absolute Gasteiger partial charge is 0.159 e. The van der Waals surface area contributed by atoms with E-state index in [0.717, 1.165) is 38.5 Å². The topological polar surface area (TPSA) is 57.5 Å². The van der Waals surface area contributed by atoms with Crippen LogP contribution in [0.4, 0.5) is 0 Å². The minimum absolute atomic E-state index is 0.0757. The second-order valence-corrected chi connectivity index (χ2v) is 9.39. The molecule has 3 nitrogen and oxygen atoms in total. The zero-order valence-electron chi connectivity index (χ0n) is 14.6. The van der Waals surface area contributed by atoms with Gasteiger partial charge < -0.3 is 10.2 Å². The van der Waals surface area contributed by atoms with Crippen LogP contribution in [-0.4, -0.2) is 27.7 Å². The second-order valence-electron chi connectivity index (χ2n) is 9.39. The van der Waals surface area contributed by atoms with Crippen molar-refractivity contribution in [1.29, 1.82) is 0 Å². The van der Waals surface area contributed by atoms with E-state index in [-0.39, 0.29) is 28.6 Å². The number of hydrogen-bond donors (Lipinski definition) is 2. The summed E-state index contributed by atoms with van der Waals surface area (Å²) in [5, 5.41) is 20.9. The Hall–Kier alpha value is -0.670. The van der Waals surface area contributed by atoms with Gasteiger partial charge in [-0.05, 0) is 80.6 Å². The lowest BCUT2D eigenvalue weighted by Crippen LogP contribution is -2.56. The average molecular weight is 318 g/mol. The molecule has 0 bridgehead atoms. The SMILES string of the molecule is CC1(O)CC[C@H]2[C@@H]3C(=O)C=C4CC(O)CC[C@]4(C)[C@@H]3CC[C@@]21C. The number of fused-ring (bicyclic) bond motifs is 5. The maximum Gasteiger partial charge on any atom is 0.159 e. The summed E-state index contributed by atoms with van der Waals surface area (Å²) in [4.78, 5) is 13.0. The largest absolute Gasteiger partial charge is 0.393 e. The van der Waals surface area contributed by atoms with Gasteiger partial charge in [-0.15, -0.1) is 0 Å². The molecular formula is C20H30O3. The summed E-state index contributed by atoms with van der Waals surface area (Å²) in [6.45, 7) is 6.51. The number of aliphatic hydroxyl groups is 2. The van der Waals surface area contributed by atoms with E-state index in [2.05, 4.69) is 13.8 Å². The number of allylic oxidation sites excluding steroid dienone is 1. The molecule has 3 saturated carbocycles. The van der Waals surface area contributed by atoms with Crippen LogP contribution in [-0.2, 0) is 4.79 Å². The van der Waals surface area contributed by atoms with E-state index in [9.17, 15) is 15.0 Å². The summed E-state index contributed by atoms with van der Waals surface area (Å²) >= 11 is 0. The molecule has 3 fully saturated rings. The van der Waals surface area contributed by atoms with Crippen molar-refractivity contribution < 1.29 is 15.0 Å². The molecule has 4 aliphatic rings. The molecular weight excluding hydrogens is 288 g/mol. The molecule has 0 spiro atoms. The zero-order chi connectivity index (χ0) is 16.6. The van der Waals surface area contributed by atoms with Crippen LogP contribution >= 0.6 is 0 Å². The molecule has 4 rings (SSSR count). The Kier molecular flexibility index (Phi) is 3.23. The number of carbonyl (C=O) groups excluding carboxylic acids is 1. The Balaban J connectivity index is 1.76. The van der Waals surface area contributed by atoms with Crippen LogP contribution in [0.1, 0.15) is 65.7 Å². The maximum atomic E-state index is 13.0. The normalized spacial score (nSPS) is 55.7. The average Bonchev–Trinajstić information content (AvgIpc) is 2.72. The monoisotopic (exact) mass is 318 g/mol. The number of rotatable bonds is 0. The van der Waals surface area contributed by atoms with Gasteiger partial charge in [0.05, 0.1) is 11.7 Å². The highest BCUT2D eigenvalue weighted by atomic mass is 16.3. The van der Waals surface area contributed by atoms with Gasteiger partial charge in [0.15, 0.2) is 5.78 Å². The third-order valence-corrected chi connectivity index (χ3v) is 8.48. The Morgan fingerprint density at radius 3 is 2.48 bits per heavy atom. The van der Waals surface area contributed by atoms with Crippen molar-refractivity contribution in [3.63, 3.8) is 0 Å². The number of aliphatic hydroxyl groups excluding tert-OH is 1. The minimum atomic E-state index is -0.642. The van der Waals surface area contributed by atoms with Crippen LogP contribution < -0.4 is 0 Å². The van der Waals surface area contributed by atoms with E-state index in [1.807, 2.05) is 13.0 Å². The molecule has 0 radical (unpaired) electrons. The van der Waals surface area contributed by atoms with Gasteiger partial charge in [-0.3, -0.25) is 4.79 Å². The van der Waals surface area contributed by atoms with E-state index in [4.69, 9.17) is 0 Å². The van der Waals surface area contributed by atoms with Gasteiger partial charge in [0.2, 0.25) is 0 Å². The van der Waals surface area contributed by atoms with Crippen LogP contribution in [0.2, 0.25) is 0 Å². The van der Waals surface area contributed by atoms with Crippen molar-refractivity contribution >= 4 is 5.78 Å². The Morgan fingerprint density at radius 2 is 1.74 bits per heavy atom. The van der Waals surface area contributed by atoms with Crippen molar-refractivity contribution in [2.24, 2.45) is 28.6 Å². The molecule has 0 aromatic heterocycles. The van der Waals surface area contributed by atoms with E-state index < -0.39 is 5.60 Å². The second kappa shape index (κ2) is 4.70. The first kappa shape index (κ1) is 15.8. The quantitative estimate of drug-likeness (QED) is 0.721. The number of carbonyl (C=O) groups is 1. The molecule has 4 aliphatic carbocycles. The van der Waals surface area contributed by atoms with Crippen LogP contribution in [0, 0.1) is 28.6 Å². The van der Waals surface area contributed by atoms with Crippen molar-refractivity contribution in [1.82, 2.24) is 0 Å². The lowest BCUT2D eigenvalue weighted by Gasteiger charge is -2.57. The third kappa shape index (κ3) is 1.93. The summed E-state index contributed by atoms with van der Waals surface area (Å²) in [7, 11) is 0. The lowest BCUT2D eigenvalue weighted by atomic mass is 9.47. The molecule has 0 aromatic rings. The predicted molar refractivity (Wildman–Crippen MR) is 88.7 cm³/mol. The Morgan fingerprint density at radius 1 is 1.04 bits per heavy atom. The molecule has 7 atom stereocenters. The van der Waals surface area contributed by atoms with Crippen LogP contribution in [0.3, 0.4) is 0 Å². The number of hydrogen-bond acceptors (Lipinski definition) is 3. The van der Waals surface area contributed by atoms with E-state index in [0.29, 0.717) is 18.3 Å². The standard InChI is InChI=1S/C20H30O3/c1-18-7-4-13(21)10-12(18)11-16(22)17-14(18)5-8-19(2)15(17)6-9-20(19,3)23/h11,13-15,17,21,23H,4-10H2,1-3H3/t13?,14-,15+,17-,18+,19+,20?/m1/s1. The van der Waals surface area contributed by atoms with E-state index >= 15 is 0 Å². The van der Waals surface area contributed by atoms with Crippen LogP contribution in [0.15, 0.2) is 11.6 Å². The minimum Gasteiger partial charge on any atom is -0.393 e. The van der Waals surface area contributed by atoms with Gasteiger partial charge >= 0.3 is 0 Å². The Bertz CT molecular complexity index is 577. The number of ketones is 1. The fourth-order valence-electron chi connectivity index (χ4n) is 6.63. The van der Waals surface area contributed by atoms with Crippen molar-refractivity contribution in [2.45, 2.75) is 77.4 Å². The van der Waals surface area contributed by atoms with Gasteiger partial charge in [0.1, 0.15) is 0 Å². The highest BCUT2D eigenvalue weighted by Gasteiger charge is 2.63.